The molecule has 7 nitrogen and oxygen atoms in total. The number of ether oxygens (including phenoxy) is 1. The normalized spacial score (nSPS) is 12.6. The monoisotopic (exact) mass is 432 g/mol. The molecule has 0 aromatic heterocycles. The molecule has 2 aromatic rings. The van der Waals surface area contributed by atoms with Crippen LogP contribution in [0.1, 0.15) is 39.2 Å². The molecule has 0 saturated carbocycles. The summed E-state index contributed by atoms with van der Waals surface area (Å²) < 4.78 is 32.5. The summed E-state index contributed by atoms with van der Waals surface area (Å²) in [7, 11) is -3.90. The second kappa shape index (κ2) is 10.4. The number of carbonyl (C=O) groups is 2. The molecule has 2 N–H and O–H groups in total. The van der Waals surface area contributed by atoms with Gasteiger partial charge in [0.05, 0.1) is 4.90 Å². The van der Waals surface area contributed by atoms with Crippen molar-refractivity contribution in [2.24, 2.45) is 5.92 Å². The molecule has 162 valence electrons. The van der Waals surface area contributed by atoms with Crippen LogP contribution in [0.4, 0.5) is 5.69 Å². The Bertz CT molecular complexity index is 972. The summed E-state index contributed by atoms with van der Waals surface area (Å²) in [6.45, 7) is 6.90. The Balaban J connectivity index is 2.01. The van der Waals surface area contributed by atoms with Crippen LogP contribution in [-0.2, 0) is 24.3 Å². The summed E-state index contributed by atoms with van der Waals surface area (Å²) in [5, 5.41) is 2.73. The summed E-state index contributed by atoms with van der Waals surface area (Å²) in [5.74, 6) is -1.47. The predicted octanol–water partition coefficient (Wildman–Crippen LogP) is 3.29. The van der Waals surface area contributed by atoms with E-state index >= 15 is 0 Å². The Morgan fingerprint density at radius 2 is 1.53 bits per heavy atom. The van der Waals surface area contributed by atoms with Crippen molar-refractivity contribution in [2.75, 3.05) is 11.9 Å². The first-order chi connectivity index (χ1) is 14.1. The number of hydrogen-bond acceptors (Lipinski definition) is 5. The first-order valence-corrected chi connectivity index (χ1v) is 11.2. The van der Waals surface area contributed by atoms with Gasteiger partial charge in [0.2, 0.25) is 10.0 Å². The number of esters is 1. The Hall–Kier alpha value is -2.71. The number of nitrogens with one attached hydrogen (secondary N) is 2. The number of rotatable bonds is 9. The number of para-hydroxylation sites is 1. The summed E-state index contributed by atoms with van der Waals surface area (Å²) in [6.07, 6.45) is 0. The van der Waals surface area contributed by atoms with E-state index in [1.165, 1.54) is 12.1 Å². The molecule has 0 heterocycles. The number of carbonyl (C=O) groups excluding carboxylic acids is 2. The van der Waals surface area contributed by atoms with Gasteiger partial charge in [-0.15, -0.1) is 0 Å². The molecule has 1 atom stereocenters. The zero-order chi connectivity index (χ0) is 22.3. The minimum absolute atomic E-state index is 0.0477. The van der Waals surface area contributed by atoms with Crippen molar-refractivity contribution in [3.63, 3.8) is 0 Å². The number of hydrogen-bond donors (Lipinski definition) is 2. The van der Waals surface area contributed by atoms with Crippen molar-refractivity contribution in [1.29, 1.82) is 0 Å². The molecule has 8 heteroatoms. The lowest BCUT2D eigenvalue weighted by Crippen LogP contribution is -2.45. The van der Waals surface area contributed by atoms with Crippen molar-refractivity contribution in [3.8, 4) is 0 Å². The molecule has 30 heavy (non-hydrogen) atoms. The van der Waals surface area contributed by atoms with E-state index in [0.717, 1.165) is 5.56 Å². The zero-order valence-corrected chi connectivity index (χ0v) is 18.4. The predicted molar refractivity (Wildman–Crippen MR) is 116 cm³/mol. The molecule has 1 amide bonds. The van der Waals surface area contributed by atoms with Gasteiger partial charge in [-0.05, 0) is 35.6 Å². The molecule has 0 bridgehead atoms. The molecule has 0 saturated heterocycles. The lowest BCUT2D eigenvalue weighted by atomic mass is 10.0. The van der Waals surface area contributed by atoms with Crippen LogP contribution < -0.4 is 10.0 Å². The molecule has 0 aliphatic carbocycles. The van der Waals surface area contributed by atoms with E-state index in [2.05, 4.69) is 10.0 Å². The van der Waals surface area contributed by atoms with Gasteiger partial charge in [-0.1, -0.05) is 64.1 Å². The van der Waals surface area contributed by atoms with Crippen molar-refractivity contribution in [2.45, 2.75) is 44.6 Å². The standard InChI is InChI=1S/C22H28N2O5S/c1-15(2)18-12-8-9-13-19(18)23-20(25)14-29-22(26)21(16(3)4)24-30(27,28)17-10-6-5-7-11-17/h5-13,15-16,21,24H,14H2,1-4H3,(H,23,25)/t21-/m1/s1. The van der Waals surface area contributed by atoms with Crippen molar-refractivity contribution >= 4 is 27.6 Å². The average Bonchev–Trinajstić information content (AvgIpc) is 2.71. The van der Waals surface area contributed by atoms with Gasteiger partial charge < -0.3 is 10.1 Å². The summed E-state index contributed by atoms with van der Waals surface area (Å²) >= 11 is 0. The van der Waals surface area contributed by atoms with E-state index in [9.17, 15) is 18.0 Å². The Morgan fingerprint density at radius 1 is 0.933 bits per heavy atom. The zero-order valence-electron chi connectivity index (χ0n) is 17.6. The fourth-order valence-electron chi connectivity index (χ4n) is 2.82. The molecule has 0 aliphatic heterocycles. The van der Waals surface area contributed by atoms with Crippen LogP contribution in [0, 0.1) is 5.92 Å². The first kappa shape index (κ1) is 23.6. The number of amides is 1. The maximum Gasteiger partial charge on any atom is 0.324 e. The van der Waals surface area contributed by atoms with Gasteiger partial charge in [0, 0.05) is 5.69 Å². The molecule has 0 spiro atoms. The second-order valence-corrected chi connectivity index (χ2v) is 9.27. The van der Waals surface area contributed by atoms with Gasteiger partial charge in [0.15, 0.2) is 6.61 Å². The summed E-state index contributed by atoms with van der Waals surface area (Å²) in [6, 6.07) is 14.0. The number of anilines is 1. The van der Waals surface area contributed by atoms with Crippen molar-refractivity contribution < 1.29 is 22.7 Å². The van der Waals surface area contributed by atoms with Crippen LogP contribution in [0.5, 0.6) is 0 Å². The van der Waals surface area contributed by atoms with E-state index in [4.69, 9.17) is 4.74 Å². The molecular formula is C22H28N2O5S. The Labute approximate surface area is 177 Å². The van der Waals surface area contributed by atoms with Gasteiger partial charge in [0.1, 0.15) is 6.04 Å². The molecule has 0 radical (unpaired) electrons. The molecule has 2 aromatic carbocycles. The third-order valence-electron chi connectivity index (χ3n) is 4.46. The highest BCUT2D eigenvalue weighted by Crippen LogP contribution is 2.23. The van der Waals surface area contributed by atoms with E-state index in [1.807, 2.05) is 26.0 Å². The van der Waals surface area contributed by atoms with Gasteiger partial charge in [-0.25, -0.2) is 8.42 Å². The van der Waals surface area contributed by atoms with Crippen molar-refractivity contribution in [3.05, 3.63) is 60.2 Å². The van der Waals surface area contributed by atoms with Gasteiger partial charge >= 0.3 is 5.97 Å². The van der Waals surface area contributed by atoms with E-state index in [0.29, 0.717) is 5.69 Å². The molecule has 0 fully saturated rings. The van der Waals surface area contributed by atoms with Crippen LogP contribution in [0.3, 0.4) is 0 Å². The fraction of sp³-hybridized carbons (Fsp3) is 0.364. The average molecular weight is 433 g/mol. The topological polar surface area (TPSA) is 102 Å². The second-order valence-electron chi connectivity index (χ2n) is 7.55. The van der Waals surface area contributed by atoms with Crippen LogP contribution in [-0.4, -0.2) is 32.9 Å². The maximum atomic E-state index is 12.5. The molecule has 0 unspecified atom stereocenters. The Kier molecular flexibility index (Phi) is 8.14. The quantitative estimate of drug-likeness (QED) is 0.592. The molecule has 0 aliphatic rings. The number of benzene rings is 2. The summed E-state index contributed by atoms with van der Waals surface area (Å²) in [4.78, 5) is 24.8. The molecule has 2 rings (SSSR count). The highest BCUT2D eigenvalue weighted by Gasteiger charge is 2.30. The van der Waals surface area contributed by atoms with Gasteiger partial charge in [0.25, 0.3) is 5.91 Å². The smallest absolute Gasteiger partial charge is 0.324 e. The van der Waals surface area contributed by atoms with Crippen LogP contribution >= 0.6 is 0 Å². The highest BCUT2D eigenvalue weighted by atomic mass is 32.2. The molecular weight excluding hydrogens is 404 g/mol. The largest absolute Gasteiger partial charge is 0.454 e. The first-order valence-electron chi connectivity index (χ1n) is 9.74. The van der Waals surface area contributed by atoms with Gasteiger partial charge in [-0.3, -0.25) is 9.59 Å². The van der Waals surface area contributed by atoms with E-state index < -0.39 is 34.5 Å². The highest BCUT2D eigenvalue weighted by molar-refractivity contribution is 7.89. The SMILES string of the molecule is CC(C)c1ccccc1NC(=O)COC(=O)[C@H](NS(=O)(=O)c1ccccc1)C(C)C. The van der Waals surface area contributed by atoms with E-state index in [1.54, 1.807) is 44.2 Å². The third kappa shape index (κ3) is 6.40. The fourth-order valence-corrected chi connectivity index (χ4v) is 4.17. The lowest BCUT2D eigenvalue weighted by molar-refractivity contribution is -0.150. The van der Waals surface area contributed by atoms with E-state index in [-0.39, 0.29) is 16.7 Å². The Morgan fingerprint density at radius 3 is 2.13 bits per heavy atom. The maximum absolute atomic E-state index is 12.5. The number of sulfonamides is 1. The third-order valence-corrected chi connectivity index (χ3v) is 5.92. The lowest BCUT2D eigenvalue weighted by Gasteiger charge is -2.21. The minimum Gasteiger partial charge on any atom is -0.454 e. The van der Waals surface area contributed by atoms with Crippen LogP contribution in [0.15, 0.2) is 59.5 Å². The van der Waals surface area contributed by atoms with Crippen molar-refractivity contribution in [1.82, 2.24) is 4.72 Å². The minimum atomic E-state index is -3.90. The summed E-state index contributed by atoms with van der Waals surface area (Å²) in [5.41, 5.74) is 1.62. The van der Waals surface area contributed by atoms with Gasteiger partial charge in [-0.2, -0.15) is 4.72 Å². The van der Waals surface area contributed by atoms with Crippen LogP contribution in [0.25, 0.3) is 0 Å². The van der Waals surface area contributed by atoms with Crippen LogP contribution in [0.2, 0.25) is 0 Å².